The number of hydrogen-bond donors (Lipinski definition) is 2. The third kappa shape index (κ3) is 2.85. The Morgan fingerprint density at radius 1 is 1.35 bits per heavy atom. The first-order valence-electron chi connectivity index (χ1n) is 6.36. The Hall–Kier alpha value is -2.21. The lowest BCUT2D eigenvalue weighted by atomic mass is 10.3. The lowest BCUT2D eigenvalue weighted by molar-refractivity contribution is -0.116. The average molecular weight is 286 g/mol. The number of carbonyl (C=O) groups excluding carboxylic acids is 1. The van der Waals surface area contributed by atoms with Crippen LogP contribution >= 0.6 is 11.3 Å². The summed E-state index contributed by atoms with van der Waals surface area (Å²) in [7, 11) is 0. The van der Waals surface area contributed by atoms with Gasteiger partial charge in [0.25, 0.3) is 0 Å². The number of carbonyl (C=O) groups is 1. The molecule has 2 heterocycles. The maximum atomic E-state index is 11.8. The van der Waals surface area contributed by atoms with Gasteiger partial charge in [0.05, 0.1) is 16.7 Å². The van der Waals surface area contributed by atoms with Crippen molar-refractivity contribution < 1.29 is 4.79 Å². The minimum Gasteiger partial charge on any atom is -0.342 e. The minimum atomic E-state index is -0.0418. The highest BCUT2D eigenvalue weighted by atomic mass is 32.1. The minimum absolute atomic E-state index is 0.0418. The highest BCUT2D eigenvalue weighted by molar-refractivity contribution is 7.13. The number of amides is 1. The normalized spacial score (nSPS) is 10.8. The first kappa shape index (κ1) is 12.8. The van der Waals surface area contributed by atoms with Crippen LogP contribution < -0.4 is 5.32 Å². The molecule has 0 aliphatic carbocycles. The summed E-state index contributed by atoms with van der Waals surface area (Å²) in [5.74, 6) is 0.788. The Kier molecular flexibility index (Phi) is 3.47. The van der Waals surface area contributed by atoms with Crippen LogP contribution in [-0.4, -0.2) is 20.9 Å². The second kappa shape index (κ2) is 5.42. The molecule has 0 spiro atoms. The molecule has 0 fully saturated rings. The summed E-state index contributed by atoms with van der Waals surface area (Å²) in [6, 6.07) is 7.84. The van der Waals surface area contributed by atoms with Crippen LogP contribution in [0.3, 0.4) is 0 Å². The number of aromatic nitrogens is 3. The SMILES string of the molecule is Cc1csc(NC(=O)CCc2nc3ccccc3[nH]2)n1. The van der Waals surface area contributed by atoms with E-state index < -0.39 is 0 Å². The van der Waals surface area contributed by atoms with E-state index in [1.165, 1.54) is 11.3 Å². The van der Waals surface area contributed by atoms with Crippen molar-refractivity contribution in [1.29, 1.82) is 0 Å². The molecule has 1 amide bonds. The zero-order valence-corrected chi connectivity index (χ0v) is 11.8. The summed E-state index contributed by atoms with van der Waals surface area (Å²) in [4.78, 5) is 23.7. The van der Waals surface area contributed by atoms with Crippen molar-refractivity contribution in [3.05, 3.63) is 41.2 Å². The molecule has 0 atom stereocenters. The van der Waals surface area contributed by atoms with Gasteiger partial charge < -0.3 is 10.3 Å². The highest BCUT2D eigenvalue weighted by Crippen LogP contribution is 2.15. The summed E-state index contributed by atoms with van der Waals surface area (Å²) in [6.45, 7) is 1.90. The van der Waals surface area contributed by atoms with Gasteiger partial charge in [-0.15, -0.1) is 11.3 Å². The number of imidazole rings is 1. The maximum Gasteiger partial charge on any atom is 0.226 e. The van der Waals surface area contributed by atoms with E-state index in [2.05, 4.69) is 20.3 Å². The molecule has 0 aliphatic rings. The molecule has 3 aromatic rings. The number of nitrogens with one attached hydrogen (secondary N) is 2. The third-order valence-electron chi connectivity index (χ3n) is 2.89. The second-order valence-electron chi connectivity index (χ2n) is 4.54. The largest absolute Gasteiger partial charge is 0.342 e. The molecule has 2 aromatic heterocycles. The molecule has 102 valence electrons. The van der Waals surface area contributed by atoms with Crippen LogP contribution in [0, 0.1) is 6.92 Å². The van der Waals surface area contributed by atoms with Gasteiger partial charge >= 0.3 is 0 Å². The molecule has 2 N–H and O–H groups in total. The van der Waals surface area contributed by atoms with E-state index in [1.54, 1.807) is 0 Å². The Morgan fingerprint density at radius 3 is 2.95 bits per heavy atom. The van der Waals surface area contributed by atoms with E-state index in [0.717, 1.165) is 22.6 Å². The summed E-state index contributed by atoms with van der Waals surface area (Å²) in [5.41, 5.74) is 2.85. The molecule has 20 heavy (non-hydrogen) atoms. The van der Waals surface area contributed by atoms with Gasteiger partial charge in [0, 0.05) is 18.2 Å². The number of hydrogen-bond acceptors (Lipinski definition) is 4. The number of thiazole rings is 1. The first-order valence-corrected chi connectivity index (χ1v) is 7.24. The number of aromatic amines is 1. The number of benzene rings is 1. The lowest BCUT2D eigenvalue weighted by Gasteiger charge is -1.99. The van der Waals surface area contributed by atoms with Crippen LogP contribution in [0.15, 0.2) is 29.6 Å². The summed E-state index contributed by atoms with van der Waals surface area (Å²) in [5, 5.41) is 5.36. The predicted molar refractivity (Wildman–Crippen MR) is 79.9 cm³/mol. The van der Waals surface area contributed by atoms with Crippen molar-refractivity contribution in [1.82, 2.24) is 15.0 Å². The molecule has 3 rings (SSSR count). The number of anilines is 1. The van der Waals surface area contributed by atoms with E-state index >= 15 is 0 Å². The van der Waals surface area contributed by atoms with Crippen molar-refractivity contribution in [2.75, 3.05) is 5.32 Å². The summed E-state index contributed by atoms with van der Waals surface area (Å²) < 4.78 is 0. The average Bonchev–Trinajstić information content (AvgIpc) is 3.02. The van der Waals surface area contributed by atoms with Gasteiger partial charge in [-0.05, 0) is 19.1 Å². The van der Waals surface area contributed by atoms with Gasteiger partial charge in [-0.2, -0.15) is 0 Å². The Balaban J connectivity index is 1.59. The Bertz CT molecular complexity index is 713. The lowest BCUT2D eigenvalue weighted by Crippen LogP contribution is -2.12. The quantitative estimate of drug-likeness (QED) is 0.774. The number of rotatable bonds is 4. The van der Waals surface area contributed by atoms with Crippen molar-refractivity contribution in [3.8, 4) is 0 Å². The molecule has 1 aromatic carbocycles. The van der Waals surface area contributed by atoms with Crippen LogP contribution in [0.1, 0.15) is 17.9 Å². The van der Waals surface area contributed by atoms with Gasteiger partial charge in [-0.3, -0.25) is 4.79 Å². The molecule has 0 saturated heterocycles. The fraction of sp³-hybridized carbons (Fsp3) is 0.214. The number of H-pyrrole nitrogens is 1. The molecule has 0 aliphatic heterocycles. The monoisotopic (exact) mass is 286 g/mol. The van der Waals surface area contributed by atoms with E-state index in [-0.39, 0.29) is 5.91 Å². The zero-order valence-electron chi connectivity index (χ0n) is 11.0. The number of fused-ring (bicyclic) bond motifs is 1. The number of para-hydroxylation sites is 2. The van der Waals surface area contributed by atoms with Gasteiger partial charge in [0.15, 0.2) is 5.13 Å². The smallest absolute Gasteiger partial charge is 0.226 e. The fourth-order valence-corrected chi connectivity index (χ4v) is 2.65. The van der Waals surface area contributed by atoms with Crippen LogP contribution in [0.4, 0.5) is 5.13 Å². The maximum absolute atomic E-state index is 11.8. The molecule has 0 saturated carbocycles. The summed E-state index contributed by atoms with van der Waals surface area (Å²) in [6.07, 6.45) is 0.976. The van der Waals surface area contributed by atoms with E-state index in [9.17, 15) is 4.79 Å². The Morgan fingerprint density at radius 2 is 2.20 bits per heavy atom. The molecule has 0 bridgehead atoms. The predicted octanol–water partition coefficient (Wildman–Crippen LogP) is 2.90. The van der Waals surface area contributed by atoms with Crippen LogP contribution in [0.2, 0.25) is 0 Å². The topological polar surface area (TPSA) is 70.7 Å². The van der Waals surface area contributed by atoms with Gasteiger partial charge in [0.1, 0.15) is 5.82 Å². The van der Waals surface area contributed by atoms with Crippen molar-refractivity contribution >= 4 is 33.4 Å². The van der Waals surface area contributed by atoms with Gasteiger partial charge in [-0.25, -0.2) is 9.97 Å². The van der Waals surface area contributed by atoms with Gasteiger partial charge in [0.2, 0.25) is 5.91 Å². The van der Waals surface area contributed by atoms with Crippen LogP contribution in [-0.2, 0) is 11.2 Å². The van der Waals surface area contributed by atoms with E-state index in [4.69, 9.17) is 0 Å². The summed E-state index contributed by atoms with van der Waals surface area (Å²) >= 11 is 1.44. The number of nitrogens with zero attached hydrogens (tertiary/aromatic N) is 2. The molecule has 6 heteroatoms. The van der Waals surface area contributed by atoms with Crippen molar-refractivity contribution in [3.63, 3.8) is 0 Å². The van der Waals surface area contributed by atoms with Crippen LogP contribution in [0.25, 0.3) is 11.0 Å². The van der Waals surface area contributed by atoms with E-state index in [0.29, 0.717) is 18.0 Å². The van der Waals surface area contributed by atoms with Gasteiger partial charge in [-0.1, -0.05) is 12.1 Å². The molecule has 0 unspecified atom stereocenters. The molecule has 5 nitrogen and oxygen atoms in total. The standard InChI is InChI=1S/C14H14N4OS/c1-9-8-20-14(15-9)18-13(19)7-6-12-16-10-4-2-3-5-11(10)17-12/h2-5,8H,6-7H2,1H3,(H,16,17)(H,15,18,19). The molecular weight excluding hydrogens is 272 g/mol. The first-order chi connectivity index (χ1) is 9.70. The highest BCUT2D eigenvalue weighted by Gasteiger charge is 2.08. The zero-order chi connectivity index (χ0) is 13.9. The number of aryl methyl sites for hydroxylation is 2. The Labute approximate surface area is 120 Å². The molecular formula is C14H14N4OS. The van der Waals surface area contributed by atoms with Crippen molar-refractivity contribution in [2.24, 2.45) is 0 Å². The fourth-order valence-electron chi connectivity index (χ4n) is 1.95. The third-order valence-corrected chi connectivity index (χ3v) is 3.77. The van der Waals surface area contributed by atoms with Crippen molar-refractivity contribution in [2.45, 2.75) is 19.8 Å². The van der Waals surface area contributed by atoms with Crippen LogP contribution in [0.5, 0.6) is 0 Å². The second-order valence-corrected chi connectivity index (χ2v) is 5.40. The molecule has 0 radical (unpaired) electrons. The van der Waals surface area contributed by atoms with E-state index in [1.807, 2.05) is 36.6 Å².